The Morgan fingerprint density at radius 3 is 2.25 bits per heavy atom. The molecule has 0 aliphatic heterocycles. The van der Waals surface area contributed by atoms with Gasteiger partial charge in [-0.25, -0.2) is 13.9 Å². The van der Waals surface area contributed by atoms with E-state index in [0.29, 0.717) is 6.42 Å². The van der Waals surface area contributed by atoms with Crippen LogP contribution in [0.2, 0.25) is 0 Å². The normalized spacial score (nSPS) is 11.7. The number of sulfonamides is 1. The highest BCUT2D eigenvalue weighted by molar-refractivity contribution is 7.89. The molecule has 0 unspecified atom stereocenters. The Morgan fingerprint density at radius 2 is 1.67 bits per heavy atom. The summed E-state index contributed by atoms with van der Waals surface area (Å²) < 4.78 is 26.6. The molecule has 0 atom stereocenters. The molecule has 1 amide bonds. The van der Waals surface area contributed by atoms with Gasteiger partial charge in [0.15, 0.2) is 0 Å². The number of carbonyl (C=O) groups is 1. The maximum absolute atomic E-state index is 12.7. The van der Waals surface area contributed by atoms with Crippen LogP contribution in [0.3, 0.4) is 0 Å². The maximum atomic E-state index is 12.7. The molecule has 24 heavy (non-hydrogen) atoms. The molecule has 2 N–H and O–H groups in total. The van der Waals surface area contributed by atoms with Crippen LogP contribution in [-0.2, 0) is 14.8 Å². The van der Waals surface area contributed by atoms with Crippen molar-refractivity contribution < 1.29 is 18.4 Å². The van der Waals surface area contributed by atoms with Crippen molar-refractivity contribution in [3.8, 4) is 0 Å². The summed E-state index contributed by atoms with van der Waals surface area (Å²) in [4.78, 5) is 11.6. The molecular formula is C17H28N2O4S. The van der Waals surface area contributed by atoms with Gasteiger partial charge in [0, 0.05) is 6.54 Å². The van der Waals surface area contributed by atoms with Gasteiger partial charge in [0.05, 0.1) is 11.4 Å². The zero-order valence-corrected chi connectivity index (χ0v) is 15.3. The van der Waals surface area contributed by atoms with Gasteiger partial charge < -0.3 is 0 Å². The first-order valence-electron chi connectivity index (χ1n) is 8.41. The highest BCUT2D eigenvalue weighted by atomic mass is 32.2. The summed E-state index contributed by atoms with van der Waals surface area (Å²) >= 11 is 0. The molecule has 1 aromatic rings. The zero-order chi connectivity index (χ0) is 18.0. The lowest BCUT2D eigenvalue weighted by Gasteiger charge is -2.21. The monoisotopic (exact) mass is 356 g/mol. The zero-order valence-electron chi connectivity index (χ0n) is 14.5. The third-order valence-electron chi connectivity index (χ3n) is 3.86. The Hall–Kier alpha value is -1.44. The fourth-order valence-corrected chi connectivity index (χ4v) is 3.84. The Kier molecular flexibility index (Phi) is 8.95. The molecule has 0 aliphatic carbocycles. The number of carbonyl (C=O) groups excluding carboxylic acids is 1. The first kappa shape index (κ1) is 20.6. The molecule has 0 aliphatic rings. The Bertz CT molecular complexity index is 600. The minimum atomic E-state index is -3.76. The summed E-state index contributed by atoms with van der Waals surface area (Å²) in [6.07, 6.45) is 6.13. The second-order valence-corrected chi connectivity index (χ2v) is 7.89. The fraction of sp³-hybridized carbons (Fsp3) is 0.588. The van der Waals surface area contributed by atoms with E-state index in [4.69, 9.17) is 5.21 Å². The Balaban J connectivity index is 2.76. The van der Waals surface area contributed by atoms with Gasteiger partial charge in [-0.05, 0) is 25.5 Å². The number of hydroxylamine groups is 1. The minimum Gasteiger partial charge on any atom is -0.289 e. The molecule has 0 saturated heterocycles. The van der Waals surface area contributed by atoms with E-state index < -0.39 is 15.9 Å². The number of benzene rings is 1. The summed E-state index contributed by atoms with van der Waals surface area (Å²) in [5, 5.41) is 8.70. The van der Waals surface area contributed by atoms with Gasteiger partial charge in [-0.15, -0.1) is 0 Å². The third kappa shape index (κ3) is 6.59. The lowest BCUT2D eigenvalue weighted by molar-refractivity contribution is -0.129. The van der Waals surface area contributed by atoms with Gasteiger partial charge in [-0.3, -0.25) is 10.0 Å². The summed E-state index contributed by atoms with van der Waals surface area (Å²) in [6, 6.07) is 6.52. The van der Waals surface area contributed by atoms with Crippen molar-refractivity contribution in [1.29, 1.82) is 0 Å². The number of hydrogen-bond acceptors (Lipinski definition) is 4. The summed E-state index contributed by atoms with van der Waals surface area (Å²) in [5.41, 5.74) is 2.46. The van der Waals surface area contributed by atoms with E-state index in [2.05, 4.69) is 6.92 Å². The van der Waals surface area contributed by atoms with Crippen molar-refractivity contribution in [2.75, 3.05) is 13.1 Å². The van der Waals surface area contributed by atoms with E-state index in [1.807, 2.05) is 6.92 Å². The van der Waals surface area contributed by atoms with E-state index in [1.54, 1.807) is 12.1 Å². The van der Waals surface area contributed by atoms with Crippen molar-refractivity contribution >= 4 is 15.9 Å². The second kappa shape index (κ2) is 10.4. The molecule has 0 radical (unpaired) electrons. The molecule has 136 valence electrons. The SMILES string of the molecule is CCCCCCCCN(CC(=O)NO)S(=O)(=O)c1ccc(C)cc1. The third-order valence-corrected chi connectivity index (χ3v) is 5.72. The number of aryl methyl sites for hydroxylation is 1. The van der Waals surface area contributed by atoms with Crippen LogP contribution in [-0.4, -0.2) is 36.9 Å². The lowest BCUT2D eigenvalue weighted by atomic mass is 10.1. The minimum absolute atomic E-state index is 0.157. The van der Waals surface area contributed by atoms with Gasteiger partial charge in [0.1, 0.15) is 0 Å². The molecular weight excluding hydrogens is 328 g/mol. The first-order chi connectivity index (χ1) is 11.4. The number of rotatable bonds is 11. The quantitative estimate of drug-likeness (QED) is 0.363. The van der Waals surface area contributed by atoms with E-state index >= 15 is 0 Å². The van der Waals surface area contributed by atoms with Gasteiger partial charge in [-0.2, -0.15) is 4.31 Å². The van der Waals surface area contributed by atoms with Gasteiger partial charge in [0.25, 0.3) is 5.91 Å². The largest absolute Gasteiger partial charge is 0.289 e. The van der Waals surface area contributed by atoms with Gasteiger partial charge >= 0.3 is 0 Å². The summed E-state index contributed by atoms with van der Waals surface area (Å²) in [5.74, 6) is -0.739. The highest BCUT2D eigenvalue weighted by Crippen LogP contribution is 2.17. The number of nitrogens with one attached hydrogen (secondary N) is 1. The number of unbranched alkanes of at least 4 members (excludes halogenated alkanes) is 5. The molecule has 0 fully saturated rings. The first-order valence-corrected chi connectivity index (χ1v) is 9.85. The second-order valence-electron chi connectivity index (χ2n) is 5.95. The molecule has 0 bridgehead atoms. The molecule has 1 aromatic carbocycles. The molecule has 0 heterocycles. The van der Waals surface area contributed by atoms with Crippen LogP contribution >= 0.6 is 0 Å². The van der Waals surface area contributed by atoms with Crippen LogP contribution in [0, 0.1) is 6.92 Å². The fourth-order valence-electron chi connectivity index (χ4n) is 2.41. The number of amides is 1. The predicted molar refractivity (Wildman–Crippen MR) is 93.2 cm³/mol. The molecule has 0 aromatic heterocycles. The maximum Gasteiger partial charge on any atom is 0.258 e. The lowest BCUT2D eigenvalue weighted by Crippen LogP contribution is -2.40. The topological polar surface area (TPSA) is 86.7 Å². The number of hydrogen-bond donors (Lipinski definition) is 2. The molecule has 0 spiro atoms. The van der Waals surface area contributed by atoms with Crippen molar-refractivity contribution in [2.45, 2.75) is 57.3 Å². The van der Waals surface area contributed by atoms with Crippen LogP contribution in [0.1, 0.15) is 51.0 Å². The summed E-state index contributed by atoms with van der Waals surface area (Å²) in [6.45, 7) is 3.89. The number of nitrogens with zero attached hydrogens (tertiary/aromatic N) is 1. The smallest absolute Gasteiger partial charge is 0.258 e. The van der Waals surface area contributed by atoms with Crippen molar-refractivity contribution in [1.82, 2.24) is 9.79 Å². The highest BCUT2D eigenvalue weighted by Gasteiger charge is 2.26. The molecule has 6 nitrogen and oxygen atoms in total. The average molecular weight is 356 g/mol. The average Bonchev–Trinajstić information content (AvgIpc) is 2.56. The molecule has 0 saturated carbocycles. The standard InChI is InChI=1S/C17H28N2O4S/c1-3-4-5-6-7-8-13-19(14-17(20)18-21)24(22,23)16-11-9-15(2)10-12-16/h9-12,21H,3-8,13-14H2,1-2H3,(H,18,20). The van der Waals surface area contributed by atoms with E-state index in [9.17, 15) is 13.2 Å². The predicted octanol–water partition coefficient (Wildman–Crippen LogP) is 2.85. The van der Waals surface area contributed by atoms with Crippen molar-refractivity contribution in [3.05, 3.63) is 29.8 Å². The van der Waals surface area contributed by atoms with Crippen LogP contribution in [0.25, 0.3) is 0 Å². The van der Waals surface area contributed by atoms with Gasteiger partial charge in [0.2, 0.25) is 10.0 Å². The molecule has 7 heteroatoms. The van der Waals surface area contributed by atoms with Crippen LogP contribution < -0.4 is 5.48 Å². The van der Waals surface area contributed by atoms with E-state index in [0.717, 1.165) is 35.6 Å². The van der Waals surface area contributed by atoms with E-state index in [1.165, 1.54) is 24.0 Å². The molecule has 1 rings (SSSR count). The van der Waals surface area contributed by atoms with Crippen LogP contribution in [0.4, 0.5) is 0 Å². The Labute approximate surface area is 144 Å². The Morgan fingerprint density at radius 1 is 1.08 bits per heavy atom. The van der Waals surface area contributed by atoms with E-state index in [-0.39, 0.29) is 18.0 Å². The summed E-state index contributed by atoms with van der Waals surface area (Å²) in [7, 11) is -3.76. The van der Waals surface area contributed by atoms with Crippen LogP contribution in [0.15, 0.2) is 29.2 Å². The van der Waals surface area contributed by atoms with Crippen LogP contribution in [0.5, 0.6) is 0 Å². The van der Waals surface area contributed by atoms with Gasteiger partial charge in [-0.1, -0.05) is 56.7 Å². The van der Waals surface area contributed by atoms with Crippen molar-refractivity contribution in [2.24, 2.45) is 0 Å². The van der Waals surface area contributed by atoms with Crippen molar-refractivity contribution in [3.63, 3.8) is 0 Å².